The van der Waals surface area contributed by atoms with Crippen molar-refractivity contribution in [3.8, 4) is 5.75 Å². The highest BCUT2D eigenvalue weighted by Crippen LogP contribution is 2.15. The first kappa shape index (κ1) is 12.0. The van der Waals surface area contributed by atoms with E-state index in [0.29, 0.717) is 11.3 Å². The summed E-state index contributed by atoms with van der Waals surface area (Å²) in [6, 6.07) is 6.92. The zero-order valence-electron chi connectivity index (χ0n) is 8.80. The van der Waals surface area contributed by atoms with E-state index in [-0.39, 0.29) is 11.9 Å². The van der Waals surface area contributed by atoms with Crippen molar-refractivity contribution in [1.82, 2.24) is 0 Å². The number of ether oxygens (including phenoxy) is 1. The summed E-state index contributed by atoms with van der Waals surface area (Å²) in [5.41, 5.74) is 0.635. The van der Waals surface area contributed by atoms with Crippen molar-refractivity contribution in [1.29, 1.82) is 0 Å². The Balaban J connectivity index is 2.83. The predicted molar refractivity (Wildman–Crippen MR) is 59.0 cm³/mol. The molecule has 0 radical (unpaired) electrons. The Morgan fingerprint density at radius 2 is 2.07 bits per heavy atom. The van der Waals surface area contributed by atoms with E-state index in [0.717, 1.165) is 0 Å². The van der Waals surface area contributed by atoms with Crippen LogP contribution in [-0.4, -0.2) is 14.5 Å². The maximum absolute atomic E-state index is 10.9. The lowest BCUT2D eigenvalue weighted by Gasteiger charge is -2.10. The van der Waals surface area contributed by atoms with E-state index in [9.17, 15) is 8.42 Å². The highest BCUT2D eigenvalue weighted by molar-refractivity contribution is 7.88. The van der Waals surface area contributed by atoms with Crippen LogP contribution in [0.4, 0.5) is 0 Å². The molecule has 0 amide bonds. The third kappa shape index (κ3) is 4.80. The second kappa shape index (κ2) is 4.63. The molecule has 1 rings (SSSR count). The molecule has 15 heavy (non-hydrogen) atoms. The van der Waals surface area contributed by atoms with E-state index in [4.69, 9.17) is 9.88 Å². The summed E-state index contributed by atoms with van der Waals surface area (Å²) in [6.45, 7) is 3.82. The second-order valence-corrected chi connectivity index (χ2v) is 5.24. The maximum Gasteiger partial charge on any atom is 0.213 e. The summed E-state index contributed by atoms with van der Waals surface area (Å²) in [5.74, 6) is 0.494. The zero-order valence-corrected chi connectivity index (χ0v) is 9.62. The lowest BCUT2D eigenvalue weighted by atomic mass is 10.2. The van der Waals surface area contributed by atoms with Gasteiger partial charge in [0.15, 0.2) is 0 Å². The number of rotatable bonds is 4. The average molecular weight is 229 g/mol. The molecule has 0 spiro atoms. The topological polar surface area (TPSA) is 69.4 Å². The number of nitrogens with two attached hydrogens (primary N) is 1. The summed E-state index contributed by atoms with van der Waals surface area (Å²) >= 11 is 0. The molecule has 1 aromatic rings. The molecule has 0 saturated carbocycles. The molecule has 0 atom stereocenters. The van der Waals surface area contributed by atoms with E-state index in [1.54, 1.807) is 24.3 Å². The Morgan fingerprint density at radius 1 is 1.40 bits per heavy atom. The first-order chi connectivity index (χ1) is 6.87. The van der Waals surface area contributed by atoms with E-state index < -0.39 is 10.0 Å². The van der Waals surface area contributed by atoms with Gasteiger partial charge in [-0.2, -0.15) is 0 Å². The third-order valence-corrected chi connectivity index (χ3v) is 2.37. The summed E-state index contributed by atoms with van der Waals surface area (Å²) in [7, 11) is -3.48. The van der Waals surface area contributed by atoms with Crippen LogP contribution in [0.5, 0.6) is 5.75 Å². The van der Waals surface area contributed by atoms with Gasteiger partial charge in [0.25, 0.3) is 0 Å². The van der Waals surface area contributed by atoms with Gasteiger partial charge in [0.05, 0.1) is 11.9 Å². The molecule has 0 unspecified atom stereocenters. The van der Waals surface area contributed by atoms with Gasteiger partial charge in [-0.05, 0) is 31.5 Å². The van der Waals surface area contributed by atoms with Crippen LogP contribution in [0.25, 0.3) is 0 Å². The molecule has 0 saturated heterocycles. The highest BCUT2D eigenvalue weighted by atomic mass is 32.2. The molecule has 2 N–H and O–H groups in total. The SMILES string of the molecule is CC(C)Oc1cccc(CS(N)(=O)=O)c1. The van der Waals surface area contributed by atoms with Crippen molar-refractivity contribution >= 4 is 10.0 Å². The molecular formula is C10H15NO3S. The lowest BCUT2D eigenvalue weighted by molar-refractivity contribution is 0.242. The van der Waals surface area contributed by atoms with E-state index in [2.05, 4.69) is 0 Å². The molecule has 5 heteroatoms. The van der Waals surface area contributed by atoms with E-state index >= 15 is 0 Å². The number of hydrogen-bond acceptors (Lipinski definition) is 3. The molecule has 0 aliphatic heterocycles. The summed E-state index contributed by atoms with van der Waals surface area (Å²) in [4.78, 5) is 0. The van der Waals surface area contributed by atoms with Crippen LogP contribution < -0.4 is 9.88 Å². The van der Waals surface area contributed by atoms with Crippen LogP contribution in [-0.2, 0) is 15.8 Å². The van der Waals surface area contributed by atoms with Crippen molar-refractivity contribution < 1.29 is 13.2 Å². The van der Waals surface area contributed by atoms with Crippen LogP contribution in [0.15, 0.2) is 24.3 Å². The minimum absolute atomic E-state index is 0.0646. The van der Waals surface area contributed by atoms with Crippen molar-refractivity contribution in [3.05, 3.63) is 29.8 Å². The number of benzene rings is 1. The molecule has 0 heterocycles. The number of primary sulfonamides is 1. The lowest BCUT2D eigenvalue weighted by Crippen LogP contribution is -2.14. The number of hydrogen-bond donors (Lipinski definition) is 1. The third-order valence-electron chi connectivity index (χ3n) is 1.64. The molecule has 0 bridgehead atoms. The van der Waals surface area contributed by atoms with Crippen molar-refractivity contribution in [2.75, 3.05) is 0 Å². The molecule has 1 aromatic carbocycles. The van der Waals surface area contributed by atoms with Gasteiger partial charge < -0.3 is 4.74 Å². The standard InChI is InChI=1S/C10H15NO3S/c1-8(2)14-10-5-3-4-9(6-10)7-15(11,12)13/h3-6,8H,7H2,1-2H3,(H2,11,12,13). The molecule has 4 nitrogen and oxygen atoms in total. The minimum Gasteiger partial charge on any atom is -0.491 e. The quantitative estimate of drug-likeness (QED) is 0.845. The van der Waals surface area contributed by atoms with Crippen LogP contribution in [0.2, 0.25) is 0 Å². The van der Waals surface area contributed by atoms with Crippen LogP contribution in [0.1, 0.15) is 19.4 Å². The van der Waals surface area contributed by atoms with Gasteiger partial charge in [-0.25, -0.2) is 13.6 Å². The summed E-state index contributed by atoms with van der Waals surface area (Å²) in [6.07, 6.45) is 0.0646. The van der Waals surface area contributed by atoms with Crippen LogP contribution in [0, 0.1) is 0 Å². The van der Waals surface area contributed by atoms with Crippen molar-refractivity contribution in [2.45, 2.75) is 25.7 Å². The van der Waals surface area contributed by atoms with Gasteiger partial charge in [0, 0.05) is 0 Å². The first-order valence-electron chi connectivity index (χ1n) is 4.63. The Kier molecular flexibility index (Phi) is 3.71. The first-order valence-corrected chi connectivity index (χ1v) is 6.34. The molecular weight excluding hydrogens is 214 g/mol. The smallest absolute Gasteiger partial charge is 0.213 e. The predicted octanol–water partition coefficient (Wildman–Crippen LogP) is 1.26. The van der Waals surface area contributed by atoms with Gasteiger partial charge in [-0.15, -0.1) is 0 Å². The Hall–Kier alpha value is -1.07. The molecule has 0 aliphatic carbocycles. The molecule has 0 aromatic heterocycles. The summed E-state index contributed by atoms with van der Waals surface area (Å²) < 4.78 is 27.2. The molecule has 0 fully saturated rings. The fourth-order valence-electron chi connectivity index (χ4n) is 1.21. The van der Waals surface area contributed by atoms with Crippen molar-refractivity contribution in [2.24, 2.45) is 5.14 Å². The van der Waals surface area contributed by atoms with Gasteiger partial charge in [0.2, 0.25) is 10.0 Å². The van der Waals surface area contributed by atoms with Gasteiger partial charge >= 0.3 is 0 Å². The normalized spacial score (nSPS) is 11.7. The maximum atomic E-state index is 10.9. The summed E-state index contributed by atoms with van der Waals surface area (Å²) in [5, 5.41) is 4.95. The van der Waals surface area contributed by atoms with Gasteiger partial charge in [-0.1, -0.05) is 12.1 Å². The van der Waals surface area contributed by atoms with Crippen LogP contribution in [0.3, 0.4) is 0 Å². The molecule has 0 aliphatic rings. The monoisotopic (exact) mass is 229 g/mol. The second-order valence-electron chi connectivity index (χ2n) is 3.62. The van der Waals surface area contributed by atoms with Crippen molar-refractivity contribution in [3.63, 3.8) is 0 Å². The highest BCUT2D eigenvalue weighted by Gasteiger charge is 2.06. The van der Waals surface area contributed by atoms with Gasteiger partial charge in [0.1, 0.15) is 5.75 Å². The fourth-order valence-corrected chi connectivity index (χ4v) is 1.86. The Labute approximate surface area is 90.1 Å². The minimum atomic E-state index is -3.48. The number of sulfonamides is 1. The van der Waals surface area contributed by atoms with Crippen LogP contribution >= 0.6 is 0 Å². The fraction of sp³-hybridized carbons (Fsp3) is 0.400. The Bertz CT molecular complexity index is 426. The van der Waals surface area contributed by atoms with E-state index in [1.807, 2.05) is 13.8 Å². The largest absolute Gasteiger partial charge is 0.491 e. The van der Waals surface area contributed by atoms with E-state index in [1.165, 1.54) is 0 Å². The van der Waals surface area contributed by atoms with Gasteiger partial charge in [-0.3, -0.25) is 0 Å². The average Bonchev–Trinajstić information content (AvgIpc) is 1.99. The zero-order chi connectivity index (χ0) is 11.5. The molecule has 84 valence electrons. The Morgan fingerprint density at radius 3 is 2.60 bits per heavy atom.